The minimum absolute atomic E-state index is 0.0416. The zero-order valence-corrected chi connectivity index (χ0v) is 7.33. The molecule has 0 radical (unpaired) electrons. The molecule has 0 saturated carbocycles. The molecule has 64 valence electrons. The number of benzene rings is 1. The second-order valence-electron chi connectivity index (χ2n) is 2.11. The molecule has 1 rings (SSSR count). The van der Waals surface area contributed by atoms with E-state index in [0.717, 1.165) is 12.1 Å². The number of halogens is 1. The minimum Gasteiger partial charge on any atom is -0.871 e. The summed E-state index contributed by atoms with van der Waals surface area (Å²) in [5.74, 6) is -2.24. The van der Waals surface area contributed by atoms with Crippen LogP contribution in [0, 0.1) is 0 Å². The first-order valence-corrected chi connectivity index (χ1v) is 3.74. The molecule has 2 N–H and O–H groups in total. The van der Waals surface area contributed by atoms with Gasteiger partial charge in [0.25, 0.3) is 0 Å². The van der Waals surface area contributed by atoms with E-state index in [1.807, 2.05) is 0 Å². The molecule has 0 fully saturated rings. The molecule has 1 aromatic rings. The van der Waals surface area contributed by atoms with Crippen molar-refractivity contribution in [1.29, 1.82) is 0 Å². The third-order valence-corrected chi connectivity index (χ3v) is 1.85. The molecule has 1 aromatic carbocycles. The number of hydrogen-bond donors (Lipinski definition) is 2. The average molecular weight is 232 g/mol. The van der Waals surface area contributed by atoms with Crippen LogP contribution in [-0.4, -0.2) is 16.2 Å². The van der Waals surface area contributed by atoms with Crippen LogP contribution in [0.2, 0.25) is 0 Å². The zero-order valence-electron chi connectivity index (χ0n) is 5.74. The Morgan fingerprint density at radius 3 is 2.58 bits per heavy atom. The largest absolute Gasteiger partial charge is 0.871 e. The number of phenolic OH excluding ortho intramolecular Hbond substituents is 1. The van der Waals surface area contributed by atoms with Crippen molar-refractivity contribution in [2.45, 2.75) is 0 Å². The number of phenols is 1. The highest BCUT2D eigenvalue weighted by Gasteiger charge is 2.07. The van der Waals surface area contributed by atoms with Crippen LogP contribution in [0.15, 0.2) is 16.6 Å². The third-order valence-electron chi connectivity index (χ3n) is 1.26. The van der Waals surface area contributed by atoms with Gasteiger partial charge in [0.15, 0.2) is 0 Å². The van der Waals surface area contributed by atoms with Gasteiger partial charge in [-0.1, -0.05) is 21.7 Å². The second-order valence-corrected chi connectivity index (χ2v) is 2.96. The van der Waals surface area contributed by atoms with E-state index in [1.54, 1.807) is 0 Å². The van der Waals surface area contributed by atoms with Gasteiger partial charge in [0.05, 0.1) is 5.56 Å². The third kappa shape index (κ3) is 1.50. The van der Waals surface area contributed by atoms with Crippen LogP contribution in [0.5, 0.6) is 11.5 Å². The van der Waals surface area contributed by atoms with E-state index >= 15 is 0 Å². The van der Waals surface area contributed by atoms with Crippen molar-refractivity contribution in [3.63, 3.8) is 0 Å². The fourth-order valence-electron chi connectivity index (χ4n) is 0.738. The van der Waals surface area contributed by atoms with Crippen LogP contribution in [0.4, 0.5) is 0 Å². The van der Waals surface area contributed by atoms with Gasteiger partial charge >= 0.3 is 5.97 Å². The lowest BCUT2D eigenvalue weighted by Gasteiger charge is -2.12. The molecule has 0 unspecified atom stereocenters. The van der Waals surface area contributed by atoms with Crippen molar-refractivity contribution >= 4 is 21.9 Å². The Balaban J connectivity index is 3.37. The molecule has 0 saturated heterocycles. The van der Waals surface area contributed by atoms with Crippen LogP contribution in [0.1, 0.15) is 10.4 Å². The van der Waals surface area contributed by atoms with Gasteiger partial charge in [-0.15, -0.1) is 0 Å². The summed E-state index contributed by atoms with van der Waals surface area (Å²) >= 11 is 2.83. The van der Waals surface area contributed by atoms with Gasteiger partial charge in [0, 0.05) is 4.47 Å². The summed E-state index contributed by atoms with van der Waals surface area (Å²) in [7, 11) is 0. The molecule has 0 spiro atoms. The van der Waals surface area contributed by atoms with Crippen LogP contribution in [0.3, 0.4) is 0 Å². The lowest BCUT2D eigenvalue weighted by molar-refractivity contribution is -0.270. The van der Waals surface area contributed by atoms with Crippen LogP contribution < -0.4 is 5.11 Å². The highest BCUT2D eigenvalue weighted by molar-refractivity contribution is 9.10. The van der Waals surface area contributed by atoms with Crippen molar-refractivity contribution in [2.75, 3.05) is 0 Å². The molecule has 0 aromatic heterocycles. The fraction of sp³-hybridized carbons (Fsp3) is 0. The summed E-state index contributed by atoms with van der Waals surface area (Å²) in [6.07, 6.45) is 0. The van der Waals surface area contributed by atoms with Crippen molar-refractivity contribution < 1.29 is 20.1 Å². The van der Waals surface area contributed by atoms with Gasteiger partial charge in [-0.2, -0.15) is 0 Å². The predicted octanol–water partition coefficient (Wildman–Crippen LogP) is 0.926. The molecule has 0 bridgehead atoms. The van der Waals surface area contributed by atoms with E-state index < -0.39 is 17.3 Å². The highest BCUT2D eigenvalue weighted by atomic mass is 79.9. The molecular weight excluding hydrogens is 228 g/mol. The van der Waals surface area contributed by atoms with Crippen LogP contribution >= 0.6 is 15.9 Å². The Labute approximate surface area is 76.2 Å². The van der Waals surface area contributed by atoms with E-state index in [0.29, 0.717) is 0 Å². The second kappa shape index (κ2) is 3.02. The summed E-state index contributed by atoms with van der Waals surface area (Å²) in [5, 5.41) is 28.4. The predicted molar refractivity (Wildman–Crippen MR) is 42.2 cm³/mol. The van der Waals surface area contributed by atoms with Crippen LogP contribution in [0.25, 0.3) is 0 Å². The van der Waals surface area contributed by atoms with Crippen molar-refractivity contribution in [1.82, 2.24) is 0 Å². The number of carboxylic acids is 1. The molecule has 5 heteroatoms. The van der Waals surface area contributed by atoms with Gasteiger partial charge in [0.1, 0.15) is 5.75 Å². The monoisotopic (exact) mass is 231 g/mol. The maximum atomic E-state index is 11.0. The summed E-state index contributed by atoms with van der Waals surface area (Å²) in [6.45, 7) is 0. The average Bonchev–Trinajstić information content (AvgIpc) is 1.96. The Morgan fingerprint density at radius 2 is 2.08 bits per heavy atom. The number of rotatable bonds is 1. The first-order valence-electron chi connectivity index (χ1n) is 2.95. The number of carboxylic acid groups (broad SMARTS) is 1. The van der Waals surface area contributed by atoms with Gasteiger partial charge < -0.3 is 15.3 Å². The maximum Gasteiger partial charge on any atom is 0.335 e. The summed E-state index contributed by atoms with van der Waals surface area (Å²) < 4.78 is 0.0416. The van der Waals surface area contributed by atoms with E-state index in [-0.39, 0.29) is 10.2 Å². The summed E-state index contributed by atoms with van der Waals surface area (Å²) in [5.41, 5.74) is -0.443. The smallest absolute Gasteiger partial charge is 0.335 e. The molecule has 0 amide bonds. The molecular formula is C7H4BrO4-. The lowest BCUT2D eigenvalue weighted by atomic mass is 10.2. The maximum absolute atomic E-state index is 11.0. The van der Waals surface area contributed by atoms with E-state index in [1.165, 1.54) is 0 Å². The first-order chi connectivity index (χ1) is 5.52. The first kappa shape index (κ1) is 8.86. The Hall–Kier alpha value is -1.23. The number of hydrogen-bond acceptors (Lipinski definition) is 3. The number of carbonyl (C=O) groups is 1. The normalized spacial score (nSPS) is 9.75. The van der Waals surface area contributed by atoms with Gasteiger partial charge in [-0.25, -0.2) is 4.79 Å². The summed E-state index contributed by atoms with van der Waals surface area (Å²) in [6, 6.07) is 2.06. The Morgan fingerprint density at radius 1 is 1.50 bits per heavy atom. The molecule has 0 aliphatic rings. The molecule has 0 aliphatic heterocycles. The van der Waals surface area contributed by atoms with Crippen molar-refractivity contribution in [3.8, 4) is 11.5 Å². The van der Waals surface area contributed by atoms with Crippen molar-refractivity contribution in [3.05, 3.63) is 22.2 Å². The van der Waals surface area contributed by atoms with Gasteiger partial charge in [-0.05, 0) is 12.1 Å². The van der Waals surface area contributed by atoms with E-state index in [2.05, 4.69) is 15.9 Å². The topological polar surface area (TPSA) is 80.6 Å². The van der Waals surface area contributed by atoms with E-state index in [4.69, 9.17) is 10.2 Å². The Kier molecular flexibility index (Phi) is 2.23. The quantitative estimate of drug-likeness (QED) is 0.754. The van der Waals surface area contributed by atoms with Gasteiger partial charge in [-0.3, -0.25) is 0 Å². The highest BCUT2D eigenvalue weighted by Crippen LogP contribution is 2.29. The standard InChI is InChI=1S/C7H5BrO4/c8-5-2-3(9)1-4(6(5)10)7(11)12/h1-2,9-10H,(H,11,12)/p-1. The van der Waals surface area contributed by atoms with Crippen LogP contribution in [-0.2, 0) is 0 Å². The molecule has 0 aliphatic carbocycles. The summed E-state index contributed by atoms with van der Waals surface area (Å²) in [4.78, 5) is 10.4. The SMILES string of the molecule is O=C(O)c1cc(O)cc(Br)c1[O-]. The Bertz CT molecular complexity index is 334. The zero-order chi connectivity index (χ0) is 9.30. The fourth-order valence-corrected chi connectivity index (χ4v) is 1.19. The number of aromatic carboxylic acids is 1. The lowest BCUT2D eigenvalue weighted by Crippen LogP contribution is -2.04. The molecule has 0 heterocycles. The number of aromatic hydroxyl groups is 1. The van der Waals surface area contributed by atoms with Gasteiger partial charge in [0.2, 0.25) is 0 Å². The van der Waals surface area contributed by atoms with Crippen molar-refractivity contribution in [2.24, 2.45) is 0 Å². The minimum atomic E-state index is -1.35. The molecule has 4 nitrogen and oxygen atoms in total. The molecule has 12 heavy (non-hydrogen) atoms. The van der Waals surface area contributed by atoms with E-state index in [9.17, 15) is 9.90 Å². The molecule has 0 atom stereocenters.